The van der Waals surface area contributed by atoms with E-state index in [1.165, 1.54) is 0 Å². The van der Waals surface area contributed by atoms with Gasteiger partial charge in [0.25, 0.3) is 5.89 Å². The molecule has 2 amide bonds. The van der Waals surface area contributed by atoms with Gasteiger partial charge in [-0.2, -0.15) is 4.98 Å². The predicted molar refractivity (Wildman–Crippen MR) is 129 cm³/mol. The molecule has 0 bridgehead atoms. The van der Waals surface area contributed by atoms with Crippen molar-refractivity contribution in [1.29, 1.82) is 0 Å². The molecule has 0 spiro atoms. The summed E-state index contributed by atoms with van der Waals surface area (Å²) in [4.78, 5) is 19.2. The molecule has 1 aliphatic heterocycles. The Labute approximate surface area is 198 Å². The standard InChI is InChI=1S/C25H30N6O3/c1-15(2)33-22-9-6-16(14-20(22)26)24-29-23(30-34-24)19-5-3-4-18-17(19)7-8-21(18)28-25(32)31-12-10-27-11-13-31/h3-6,9,14-15,21,27H,7-8,10-13,26H2,1-2H3,(H,28,32)/t21-/m0/s1. The number of carbonyl (C=O) groups is 1. The van der Waals surface area contributed by atoms with Crippen molar-refractivity contribution in [3.8, 4) is 28.6 Å². The number of ether oxygens (including phenoxy) is 1. The van der Waals surface area contributed by atoms with Crippen molar-refractivity contribution in [3.05, 3.63) is 47.5 Å². The van der Waals surface area contributed by atoms with Crippen LogP contribution in [-0.4, -0.2) is 53.4 Å². The van der Waals surface area contributed by atoms with Crippen LogP contribution in [0, 0.1) is 0 Å². The molecule has 4 N–H and O–H groups in total. The molecule has 2 aliphatic rings. The number of nitrogens with two attached hydrogens (primary N) is 1. The number of nitrogens with one attached hydrogen (secondary N) is 2. The first-order valence-electron chi connectivity index (χ1n) is 11.8. The third kappa shape index (κ3) is 4.43. The number of nitrogen functional groups attached to an aromatic ring is 1. The van der Waals surface area contributed by atoms with Crippen molar-refractivity contribution in [3.63, 3.8) is 0 Å². The van der Waals surface area contributed by atoms with E-state index < -0.39 is 0 Å². The van der Waals surface area contributed by atoms with Crippen LogP contribution in [0.1, 0.15) is 37.4 Å². The average molecular weight is 463 g/mol. The van der Waals surface area contributed by atoms with Gasteiger partial charge in [-0.25, -0.2) is 4.79 Å². The minimum atomic E-state index is -0.0167. The number of piperazine rings is 1. The number of amides is 2. The average Bonchev–Trinajstić information content (AvgIpc) is 3.48. The highest BCUT2D eigenvalue weighted by molar-refractivity contribution is 5.76. The summed E-state index contributed by atoms with van der Waals surface area (Å²) < 4.78 is 11.3. The number of anilines is 1. The topological polar surface area (TPSA) is 119 Å². The number of rotatable bonds is 5. The van der Waals surface area contributed by atoms with Crippen LogP contribution in [0.25, 0.3) is 22.8 Å². The lowest BCUT2D eigenvalue weighted by Gasteiger charge is -2.29. The van der Waals surface area contributed by atoms with Gasteiger partial charge in [0.2, 0.25) is 5.82 Å². The Hall–Kier alpha value is -3.59. The van der Waals surface area contributed by atoms with Gasteiger partial charge in [0.15, 0.2) is 0 Å². The Kier molecular flexibility index (Phi) is 6.10. The van der Waals surface area contributed by atoms with E-state index in [1.54, 1.807) is 6.07 Å². The van der Waals surface area contributed by atoms with Gasteiger partial charge in [-0.05, 0) is 56.0 Å². The molecule has 0 radical (unpaired) electrons. The van der Waals surface area contributed by atoms with Gasteiger partial charge < -0.3 is 30.5 Å². The highest BCUT2D eigenvalue weighted by Crippen LogP contribution is 2.38. The maximum Gasteiger partial charge on any atom is 0.317 e. The van der Waals surface area contributed by atoms with Gasteiger partial charge >= 0.3 is 6.03 Å². The predicted octanol–water partition coefficient (Wildman–Crippen LogP) is 3.38. The fourth-order valence-electron chi connectivity index (χ4n) is 4.61. The van der Waals surface area contributed by atoms with Crippen LogP contribution in [-0.2, 0) is 6.42 Å². The Morgan fingerprint density at radius 3 is 2.85 bits per heavy atom. The van der Waals surface area contributed by atoms with Gasteiger partial charge in [-0.1, -0.05) is 23.4 Å². The molecular formula is C25H30N6O3. The van der Waals surface area contributed by atoms with Gasteiger partial charge in [-0.15, -0.1) is 0 Å². The summed E-state index contributed by atoms with van der Waals surface area (Å²) in [5.41, 5.74) is 10.6. The van der Waals surface area contributed by atoms with Gasteiger partial charge in [0, 0.05) is 37.3 Å². The molecule has 1 fully saturated rings. The zero-order chi connectivity index (χ0) is 23.7. The van der Waals surface area contributed by atoms with Crippen LogP contribution in [0.3, 0.4) is 0 Å². The molecule has 3 aromatic rings. The SMILES string of the molecule is CC(C)Oc1ccc(-c2nc(-c3cccc4c3CC[C@@H]4NC(=O)N3CCNCC3)no2)cc1N. The molecule has 5 rings (SSSR count). The second kappa shape index (κ2) is 9.34. The van der Waals surface area contributed by atoms with E-state index in [0.29, 0.717) is 23.2 Å². The van der Waals surface area contributed by atoms with Gasteiger partial charge in [0.05, 0.1) is 17.8 Å². The summed E-state index contributed by atoms with van der Waals surface area (Å²) in [5.74, 6) is 1.56. The largest absolute Gasteiger partial charge is 0.489 e. The maximum atomic E-state index is 12.7. The van der Waals surface area contributed by atoms with E-state index in [-0.39, 0.29) is 18.2 Å². The van der Waals surface area contributed by atoms with Crippen LogP contribution in [0.15, 0.2) is 40.9 Å². The highest BCUT2D eigenvalue weighted by atomic mass is 16.5. The van der Waals surface area contributed by atoms with Crippen LogP contribution < -0.4 is 21.1 Å². The van der Waals surface area contributed by atoms with Crippen LogP contribution in [0.2, 0.25) is 0 Å². The molecule has 178 valence electrons. The summed E-state index contributed by atoms with van der Waals surface area (Å²) in [7, 11) is 0. The minimum absolute atomic E-state index is 0.00548. The van der Waals surface area contributed by atoms with Crippen molar-refractivity contribution in [2.24, 2.45) is 0 Å². The van der Waals surface area contributed by atoms with Crippen molar-refractivity contribution >= 4 is 11.7 Å². The number of hydrogen-bond acceptors (Lipinski definition) is 7. The van der Waals surface area contributed by atoms with E-state index >= 15 is 0 Å². The number of carbonyl (C=O) groups excluding carboxylic acids is 1. The van der Waals surface area contributed by atoms with Crippen molar-refractivity contribution in [1.82, 2.24) is 25.7 Å². The fraction of sp³-hybridized carbons (Fsp3) is 0.400. The summed E-state index contributed by atoms with van der Waals surface area (Å²) in [5, 5.41) is 10.7. The van der Waals surface area contributed by atoms with E-state index in [4.69, 9.17) is 15.0 Å². The number of urea groups is 1. The number of benzene rings is 2. The number of aromatic nitrogens is 2. The van der Waals surface area contributed by atoms with E-state index in [0.717, 1.165) is 61.3 Å². The molecule has 0 unspecified atom stereocenters. The van der Waals surface area contributed by atoms with Crippen LogP contribution >= 0.6 is 0 Å². The zero-order valence-electron chi connectivity index (χ0n) is 19.5. The molecule has 0 saturated carbocycles. The summed E-state index contributed by atoms with van der Waals surface area (Å²) in [6.07, 6.45) is 1.73. The molecule has 2 heterocycles. The molecule has 1 aromatic heterocycles. The number of nitrogens with zero attached hydrogens (tertiary/aromatic N) is 3. The third-order valence-corrected chi connectivity index (χ3v) is 6.26. The first kappa shape index (κ1) is 22.2. The second-order valence-corrected chi connectivity index (χ2v) is 8.99. The lowest BCUT2D eigenvalue weighted by molar-refractivity contribution is 0.186. The molecule has 2 aromatic carbocycles. The van der Waals surface area contributed by atoms with Crippen LogP contribution in [0.5, 0.6) is 5.75 Å². The van der Waals surface area contributed by atoms with E-state index in [1.807, 2.05) is 43.0 Å². The normalized spacial score (nSPS) is 17.6. The van der Waals surface area contributed by atoms with E-state index in [9.17, 15) is 4.79 Å². The van der Waals surface area contributed by atoms with Crippen molar-refractivity contribution < 1.29 is 14.1 Å². The quantitative estimate of drug-likeness (QED) is 0.498. The summed E-state index contributed by atoms with van der Waals surface area (Å²) in [6.45, 7) is 7.03. The zero-order valence-corrected chi connectivity index (χ0v) is 19.5. The number of fused-ring (bicyclic) bond motifs is 1. The molecule has 9 nitrogen and oxygen atoms in total. The monoisotopic (exact) mass is 462 g/mol. The van der Waals surface area contributed by atoms with Crippen molar-refractivity contribution in [2.75, 3.05) is 31.9 Å². The first-order valence-corrected chi connectivity index (χ1v) is 11.8. The minimum Gasteiger partial charge on any atom is -0.489 e. The van der Waals surface area contributed by atoms with Crippen LogP contribution in [0.4, 0.5) is 10.5 Å². The lowest BCUT2D eigenvalue weighted by atomic mass is 10.0. The molecule has 9 heteroatoms. The third-order valence-electron chi connectivity index (χ3n) is 6.26. The summed E-state index contributed by atoms with van der Waals surface area (Å²) >= 11 is 0. The number of hydrogen-bond donors (Lipinski definition) is 3. The van der Waals surface area contributed by atoms with Crippen molar-refractivity contribution in [2.45, 2.75) is 38.8 Å². The molecule has 34 heavy (non-hydrogen) atoms. The fourth-order valence-corrected chi connectivity index (χ4v) is 4.61. The Morgan fingerprint density at radius 1 is 1.26 bits per heavy atom. The molecule has 1 saturated heterocycles. The lowest BCUT2D eigenvalue weighted by Crippen LogP contribution is -2.50. The Bertz CT molecular complexity index is 1190. The smallest absolute Gasteiger partial charge is 0.317 e. The summed E-state index contributed by atoms with van der Waals surface area (Å²) in [6, 6.07) is 11.5. The Morgan fingerprint density at radius 2 is 2.09 bits per heavy atom. The molecule has 1 atom stereocenters. The van der Waals surface area contributed by atoms with Gasteiger partial charge in [0.1, 0.15) is 5.75 Å². The second-order valence-electron chi connectivity index (χ2n) is 8.99. The molecular weight excluding hydrogens is 432 g/mol. The van der Waals surface area contributed by atoms with E-state index in [2.05, 4.69) is 26.8 Å². The first-order chi connectivity index (χ1) is 16.5. The maximum absolute atomic E-state index is 12.7. The Balaban J connectivity index is 1.35. The highest BCUT2D eigenvalue weighted by Gasteiger charge is 2.29. The molecule has 1 aliphatic carbocycles. The van der Waals surface area contributed by atoms with Gasteiger partial charge in [-0.3, -0.25) is 0 Å².